The topological polar surface area (TPSA) is 17.1 Å². The molecule has 0 saturated carbocycles. The largest absolute Gasteiger partial charge is 0.303 e. The summed E-state index contributed by atoms with van der Waals surface area (Å²) in [6, 6.07) is 0. The molecule has 0 aromatic heterocycles. The van der Waals surface area contributed by atoms with Gasteiger partial charge >= 0.3 is 0 Å². The Morgan fingerprint density at radius 2 is 1.90 bits per heavy atom. The molecule has 0 aromatic carbocycles. The summed E-state index contributed by atoms with van der Waals surface area (Å²) >= 11 is 0. The summed E-state index contributed by atoms with van der Waals surface area (Å²) in [4.78, 5) is 10.4. The van der Waals surface area contributed by atoms with Crippen LogP contribution in [-0.2, 0) is 4.79 Å². The number of aldehydes is 1. The van der Waals surface area contributed by atoms with Gasteiger partial charge in [0, 0.05) is 5.41 Å². The van der Waals surface area contributed by atoms with Gasteiger partial charge in [-0.25, -0.2) is 0 Å². The zero-order valence-corrected chi connectivity index (χ0v) is 7.05. The monoisotopic (exact) mass is 140 g/mol. The van der Waals surface area contributed by atoms with Gasteiger partial charge in [-0.2, -0.15) is 0 Å². The summed E-state index contributed by atoms with van der Waals surface area (Å²) in [7, 11) is 0. The summed E-state index contributed by atoms with van der Waals surface area (Å²) in [5.41, 5.74) is -0.175. The van der Waals surface area contributed by atoms with Crippen LogP contribution in [0.2, 0.25) is 0 Å². The van der Waals surface area contributed by atoms with E-state index in [9.17, 15) is 4.79 Å². The summed E-state index contributed by atoms with van der Waals surface area (Å²) in [5.74, 6) is 0. The Hall–Kier alpha value is -0.590. The van der Waals surface area contributed by atoms with Crippen molar-refractivity contribution in [2.75, 3.05) is 0 Å². The van der Waals surface area contributed by atoms with Crippen LogP contribution in [0, 0.1) is 5.41 Å². The van der Waals surface area contributed by atoms with Gasteiger partial charge in [0.15, 0.2) is 0 Å². The lowest BCUT2D eigenvalue weighted by Gasteiger charge is -2.12. The molecule has 0 bridgehead atoms. The Bertz CT molecular complexity index is 123. The SMILES string of the molecule is CC/C=C/CC(C)(C)C=O. The van der Waals surface area contributed by atoms with E-state index >= 15 is 0 Å². The molecule has 0 aliphatic heterocycles. The molecule has 0 unspecified atom stereocenters. The van der Waals surface area contributed by atoms with E-state index in [1.54, 1.807) is 0 Å². The van der Waals surface area contributed by atoms with E-state index in [0.717, 1.165) is 19.1 Å². The second-order valence-electron chi connectivity index (χ2n) is 3.19. The standard InChI is InChI=1S/C9H16O/c1-4-5-6-7-9(2,3)8-10/h5-6,8H,4,7H2,1-3H3/b6-5+. The summed E-state index contributed by atoms with van der Waals surface area (Å²) in [5, 5.41) is 0. The lowest BCUT2D eigenvalue weighted by atomic mass is 9.91. The third-order valence-corrected chi connectivity index (χ3v) is 1.37. The van der Waals surface area contributed by atoms with Crippen molar-refractivity contribution in [1.82, 2.24) is 0 Å². The van der Waals surface area contributed by atoms with Gasteiger partial charge in [0.2, 0.25) is 0 Å². The van der Waals surface area contributed by atoms with Crippen molar-refractivity contribution in [2.24, 2.45) is 5.41 Å². The van der Waals surface area contributed by atoms with E-state index in [1.807, 2.05) is 13.8 Å². The molecule has 0 spiro atoms. The first-order valence-corrected chi connectivity index (χ1v) is 3.73. The van der Waals surface area contributed by atoms with E-state index in [4.69, 9.17) is 0 Å². The highest BCUT2D eigenvalue weighted by molar-refractivity contribution is 5.58. The number of carbonyl (C=O) groups excluding carboxylic acids is 1. The Kier molecular flexibility index (Phi) is 4.01. The quantitative estimate of drug-likeness (QED) is 0.433. The van der Waals surface area contributed by atoms with Crippen LogP contribution >= 0.6 is 0 Å². The third-order valence-electron chi connectivity index (χ3n) is 1.37. The molecule has 0 fully saturated rings. The molecule has 0 aliphatic carbocycles. The minimum absolute atomic E-state index is 0.175. The van der Waals surface area contributed by atoms with Crippen LogP contribution in [0.4, 0.5) is 0 Å². The number of hydrogen-bond acceptors (Lipinski definition) is 1. The lowest BCUT2D eigenvalue weighted by Crippen LogP contribution is -2.10. The highest BCUT2D eigenvalue weighted by atomic mass is 16.1. The highest BCUT2D eigenvalue weighted by Gasteiger charge is 2.12. The molecule has 0 amide bonds. The fourth-order valence-corrected chi connectivity index (χ4v) is 0.602. The van der Waals surface area contributed by atoms with E-state index in [-0.39, 0.29) is 5.41 Å². The summed E-state index contributed by atoms with van der Waals surface area (Å²) in [6.45, 7) is 5.98. The Morgan fingerprint density at radius 1 is 1.30 bits per heavy atom. The van der Waals surface area contributed by atoms with Crippen LogP contribution in [0.5, 0.6) is 0 Å². The first-order chi connectivity index (χ1) is 4.62. The fourth-order valence-electron chi connectivity index (χ4n) is 0.602. The van der Waals surface area contributed by atoms with Gasteiger partial charge in [0.05, 0.1) is 0 Å². The van der Waals surface area contributed by atoms with Crippen LogP contribution < -0.4 is 0 Å². The Morgan fingerprint density at radius 3 is 2.30 bits per heavy atom. The molecule has 58 valence electrons. The van der Waals surface area contributed by atoms with Crippen LogP contribution in [0.3, 0.4) is 0 Å². The maximum absolute atomic E-state index is 10.4. The predicted octanol–water partition coefficient (Wildman–Crippen LogP) is 2.57. The molecule has 1 heteroatoms. The van der Waals surface area contributed by atoms with E-state index < -0.39 is 0 Å². The van der Waals surface area contributed by atoms with Gasteiger partial charge in [-0.05, 0) is 12.8 Å². The van der Waals surface area contributed by atoms with Crippen LogP contribution in [-0.4, -0.2) is 6.29 Å². The molecule has 0 radical (unpaired) electrons. The zero-order chi connectivity index (χ0) is 8.04. The van der Waals surface area contributed by atoms with E-state index in [0.29, 0.717) is 0 Å². The normalized spacial score (nSPS) is 12.3. The lowest BCUT2D eigenvalue weighted by molar-refractivity contribution is -0.114. The number of allylic oxidation sites excluding steroid dienone is 2. The Labute approximate surface area is 63.1 Å². The van der Waals surface area contributed by atoms with Crippen LogP contribution in [0.15, 0.2) is 12.2 Å². The van der Waals surface area contributed by atoms with Gasteiger partial charge in [-0.1, -0.05) is 32.9 Å². The maximum atomic E-state index is 10.4. The van der Waals surface area contributed by atoms with Crippen molar-refractivity contribution < 1.29 is 4.79 Å². The van der Waals surface area contributed by atoms with Crippen molar-refractivity contribution >= 4 is 6.29 Å². The smallest absolute Gasteiger partial charge is 0.125 e. The third kappa shape index (κ3) is 4.30. The van der Waals surface area contributed by atoms with Gasteiger partial charge in [-0.3, -0.25) is 0 Å². The second-order valence-corrected chi connectivity index (χ2v) is 3.19. The van der Waals surface area contributed by atoms with Crippen molar-refractivity contribution in [3.63, 3.8) is 0 Å². The number of hydrogen-bond donors (Lipinski definition) is 0. The molecule has 10 heavy (non-hydrogen) atoms. The van der Waals surface area contributed by atoms with Gasteiger partial charge in [0.25, 0.3) is 0 Å². The molecule has 0 rings (SSSR count). The molecule has 0 saturated heterocycles. The summed E-state index contributed by atoms with van der Waals surface area (Å²) < 4.78 is 0. The molecule has 0 aliphatic rings. The average Bonchev–Trinajstić information content (AvgIpc) is 1.89. The number of rotatable bonds is 4. The predicted molar refractivity (Wildman–Crippen MR) is 43.9 cm³/mol. The zero-order valence-electron chi connectivity index (χ0n) is 7.05. The van der Waals surface area contributed by atoms with Crippen molar-refractivity contribution in [3.8, 4) is 0 Å². The molecule has 0 aromatic rings. The molecular formula is C9H16O. The number of carbonyl (C=O) groups is 1. The maximum Gasteiger partial charge on any atom is 0.125 e. The minimum Gasteiger partial charge on any atom is -0.303 e. The first kappa shape index (κ1) is 9.41. The van der Waals surface area contributed by atoms with E-state index in [2.05, 4.69) is 19.1 Å². The Balaban J connectivity index is 3.66. The van der Waals surface area contributed by atoms with Gasteiger partial charge in [-0.15, -0.1) is 0 Å². The molecule has 1 nitrogen and oxygen atoms in total. The molecule has 0 heterocycles. The minimum atomic E-state index is -0.175. The average molecular weight is 140 g/mol. The molecule has 0 N–H and O–H groups in total. The molecule has 0 atom stereocenters. The van der Waals surface area contributed by atoms with Gasteiger partial charge in [0.1, 0.15) is 6.29 Å². The summed E-state index contributed by atoms with van der Waals surface area (Å²) in [6.07, 6.45) is 7.06. The van der Waals surface area contributed by atoms with Crippen molar-refractivity contribution in [1.29, 1.82) is 0 Å². The van der Waals surface area contributed by atoms with Crippen molar-refractivity contribution in [2.45, 2.75) is 33.6 Å². The van der Waals surface area contributed by atoms with Crippen LogP contribution in [0.25, 0.3) is 0 Å². The molecular weight excluding hydrogens is 124 g/mol. The van der Waals surface area contributed by atoms with Crippen LogP contribution in [0.1, 0.15) is 33.6 Å². The second kappa shape index (κ2) is 4.26. The fraction of sp³-hybridized carbons (Fsp3) is 0.667. The first-order valence-electron chi connectivity index (χ1n) is 3.73. The van der Waals surface area contributed by atoms with E-state index in [1.165, 1.54) is 0 Å². The van der Waals surface area contributed by atoms with Gasteiger partial charge < -0.3 is 4.79 Å². The highest BCUT2D eigenvalue weighted by Crippen LogP contribution is 2.16. The van der Waals surface area contributed by atoms with Crippen molar-refractivity contribution in [3.05, 3.63) is 12.2 Å².